The van der Waals surface area contributed by atoms with Crippen LogP contribution in [0, 0.1) is 0 Å². The standard InChI is InChI=1S/C22H16O6/c1-3-26-15-8-7-13-9-18(22(25)27-19(13)11-15)16-6-4-5-14-10-17(12(2)23)21(24)28-20(14)16/h4-11H,3H2,1-2H3. The lowest BCUT2D eigenvalue weighted by Gasteiger charge is -2.07. The number of ether oxygens (including phenoxy) is 1. The minimum Gasteiger partial charge on any atom is -0.494 e. The zero-order chi connectivity index (χ0) is 19.8. The normalized spacial score (nSPS) is 11.1. The molecular weight excluding hydrogens is 360 g/mol. The SMILES string of the molecule is CCOc1ccc2cc(-c3cccc4cc(C(C)=O)c(=O)oc34)c(=O)oc2c1. The molecule has 140 valence electrons. The molecule has 0 radical (unpaired) electrons. The average molecular weight is 376 g/mol. The van der Waals surface area contributed by atoms with Gasteiger partial charge in [0, 0.05) is 22.4 Å². The quantitative estimate of drug-likeness (QED) is 0.392. The van der Waals surface area contributed by atoms with Crippen molar-refractivity contribution in [2.24, 2.45) is 0 Å². The molecule has 0 N–H and O–H groups in total. The first kappa shape index (κ1) is 17.7. The van der Waals surface area contributed by atoms with E-state index in [9.17, 15) is 14.4 Å². The zero-order valence-electron chi connectivity index (χ0n) is 15.3. The van der Waals surface area contributed by atoms with E-state index in [1.54, 1.807) is 42.5 Å². The first-order valence-corrected chi connectivity index (χ1v) is 8.77. The topological polar surface area (TPSA) is 86.7 Å². The predicted molar refractivity (Wildman–Crippen MR) is 105 cm³/mol. The van der Waals surface area contributed by atoms with Crippen LogP contribution in [0.4, 0.5) is 0 Å². The van der Waals surface area contributed by atoms with Gasteiger partial charge in [-0.2, -0.15) is 0 Å². The van der Waals surface area contributed by atoms with Crippen LogP contribution in [0.1, 0.15) is 24.2 Å². The maximum absolute atomic E-state index is 12.6. The second kappa shape index (κ2) is 6.81. The van der Waals surface area contributed by atoms with E-state index in [0.29, 0.717) is 34.3 Å². The molecule has 2 aromatic carbocycles. The Morgan fingerprint density at radius 2 is 1.75 bits per heavy atom. The lowest BCUT2D eigenvalue weighted by molar-refractivity contribution is 0.101. The molecule has 0 fully saturated rings. The highest BCUT2D eigenvalue weighted by Gasteiger charge is 2.16. The third-order valence-electron chi connectivity index (χ3n) is 4.45. The summed E-state index contributed by atoms with van der Waals surface area (Å²) in [7, 11) is 0. The van der Waals surface area contributed by atoms with Crippen molar-refractivity contribution in [1.82, 2.24) is 0 Å². The van der Waals surface area contributed by atoms with E-state index in [2.05, 4.69) is 0 Å². The molecule has 2 heterocycles. The highest BCUT2D eigenvalue weighted by atomic mass is 16.5. The summed E-state index contributed by atoms with van der Waals surface area (Å²) in [4.78, 5) is 36.4. The molecule has 6 nitrogen and oxygen atoms in total. The monoisotopic (exact) mass is 376 g/mol. The molecule has 0 amide bonds. The van der Waals surface area contributed by atoms with Crippen LogP contribution in [0.15, 0.2) is 67.0 Å². The number of hydrogen-bond acceptors (Lipinski definition) is 6. The van der Waals surface area contributed by atoms with Gasteiger partial charge >= 0.3 is 11.3 Å². The number of Topliss-reactive ketones (excluding diaryl/α,β-unsaturated/α-hetero) is 1. The average Bonchev–Trinajstić information content (AvgIpc) is 2.66. The van der Waals surface area contributed by atoms with Gasteiger partial charge in [0.15, 0.2) is 5.78 Å². The Morgan fingerprint density at radius 1 is 0.929 bits per heavy atom. The van der Waals surface area contributed by atoms with E-state index in [4.69, 9.17) is 13.6 Å². The molecule has 0 bridgehead atoms. The molecular formula is C22H16O6. The van der Waals surface area contributed by atoms with E-state index in [1.807, 2.05) is 6.92 Å². The van der Waals surface area contributed by atoms with Crippen LogP contribution in [0.25, 0.3) is 33.1 Å². The lowest BCUT2D eigenvalue weighted by atomic mass is 10.0. The van der Waals surface area contributed by atoms with E-state index < -0.39 is 11.3 Å². The Balaban J connectivity index is 1.96. The molecule has 2 aromatic heterocycles. The molecule has 0 unspecified atom stereocenters. The summed E-state index contributed by atoms with van der Waals surface area (Å²) in [6.07, 6.45) is 0. The second-order valence-corrected chi connectivity index (χ2v) is 6.31. The summed E-state index contributed by atoms with van der Waals surface area (Å²) in [5.41, 5.74) is -0.00450. The zero-order valence-corrected chi connectivity index (χ0v) is 15.3. The van der Waals surface area contributed by atoms with Crippen LogP contribution < -0.4 is 16.0 Å². The molecule has 0 atom stereocenters. The van der Waals surface area contributed by atoms with Crippen LogP contribution in [0.3, 0.4) is 0 Å². The second-order valence-electron chi connectivity index (χ2n) is 6.31. The highest BCUT2D eigenvalue weighted by Crippen LogP contribution is 2.29. The number of rotatable bonds is 4. The van der Waals surface area contributed by atoms with Crippen LogP contribution in [0.2, 0.25) is 0 Å². The molecule has 28 heavy (non-hydrogen) atoms. The van der Waals surface area contributed by atoms with Gasteiger partial charge in [0.05, 0.1) is 12.2 Å². The third-order valence-corrected chi connectivity index (χ3v) is 4.45. The fourth-order valence-corrected chi connectivity index (χ4v) is 3.14. The Kier molecular flexibility index (Phi) is 4.31. The molecule has 0 aliphatic heterocycles. The van der Waals surface area contributed by atoms with Crippen LogP contribution in [-0.2, 0) is 0 Å². The van der Waals surface area contributed by atoms with Crippen molar-refractivity contribution in [1.29, 1.82) is 0 Å². The molecule has 4 aromatic rings. The minimum atomic E-state index is -0.737. The van der Waals surface area contributed by atoms with Crippen molar-refractivity contribution in [2.45, 2.75) is 13.8 Å². The summed E-state index contributed by atoms with van der Waals surface area (Å²) in [5.74, 6) is 0.232. The molecule has 0 saturated heterocycles. The van der Waals surface area contributed by atoms with Gasteiger partial charge in [-0.25, -0.2) is 9.59 Å². The number of ketones is 1. The van der Waals surface area contributed by atoms with E-state index in [-0.39, 0.29) is 22.5 Å². The van der Waals surface area contributed by atoms with Crippen LogP contribution in [0.5, 0.6) is 5.75 Å². The minimum absolute atomic E-state index is 0.0290. The molecule has 0 aliphatic carbocycles. The molecule has 0 spiro atoms. The molecule has 4 rings (SSSR count). The van der Waals surface area contributed by atoms with Crippen molar-refractivity contribution in [2.75, 3.05) is 6.61 Å². The number of hydrogen-bond donors (Lipinski definition) is 0. The lowest BCUT2D eigenvalue weighted by Crippen LogP contribution is -2.11. The number of carbonyl (C=O) groups is 1. The maximum atomic E-state index is 12.6. The number of benzene rings is 2. The summed E-state index contributed by atoms with van der Waals surface area (Å²) in [5, 5.41) is 1.26. The Bertz CT molecular complexity index is 1340. The van der Waals surface area contributed by atoms with Crippen molar-refractivity contribution < 1.29 is 18.4 Å². The Morgan fingerprint density at radius 3 is 2.50 bits per heavy atom. The van der Waals surface area contributed by atoms with Crippen molar-refractivity contribution >= 4 is 27.7 Å². The Labute approximate surface area is 159 Å². The van der Waals surface area contributed by atoms with E-state index in [1.165, 1.54) is 13.0 Å². The van der Waals surface area contributed by atoms with Gasteiger partial charge in [-0.1, -0.05) is 18.2 Å². The van der Waals surface area contributed by atoms with Crippen LogP contribution in [-0.4, -0.2) is 12.4 Å². The van der Waals surface area contributed by atoms with Crippen molar-refractivity contribution in [3.05, 3.63) is 74.9 Å². The highest BCUT2D eigenvalue weighted by molar-refractivity contribution is 5.99. The summed E-state index contributed by atoms with van der Waals surface area (Å²) in [6, 6.07) is 13.5. The van der Waals surface area contributed by atoms with Crippen molar-refractivity contribution in [3.63, 3.8) is 0 Å². The van der Waals surface area contributed by atoms with E-state index in [0.717, 1.165) is 0 Å². The number of fused-ring (bicyclic) bond motifs is 2. The summed E-state index contributed by atoms with van der Waals surface area (Å²) in [6.45, 7) is 3.68. The van der Waals surface area contributed by atoms with Crippen LogP contribution >= 0.6 is 0 Å². The summed E-state index contributed by atoms with van der Waals surface area (Å²) < 4.78 is 16.3. The first-order valence-electron chi connectivity index (χ1n) is 8.77. The van der Waals surface area contributed by atoms with Gasteiger partial charge in [-0.05, 0) is 38.1 Å². The van der Waals surface area contributed by atoms with Gasteiger partial charge in [0.25, 0.3) is 0 Å². The van der Waals surface area contributed by atoms with E-state index >= 15 is 0 Å². The molecule has 0 saturated carbocycles. The number of carbonyl (C=O) groups excluding carboxylic acids is 1. The Hall–Kier alpha value is -3.67. The van der Waals surface area contributed by atoms with Gasteiger partial charge < -0.3 is 13.6 Å². The molecule has 6 heteroatoms. The van der Waals surface area contributed by atoms with Gasteiger partial charge in [-0.15, -0.1) is 0 Å². The molecule has 0 aliphatic rings. The van der Waals surface area contributed by atoms with Gasteiger partial charge in [0.1, 0.15) is 22.5 Å². The largest absolute Gasteiger partial charge is 0.494 e. The predicted octanol–water partition coefficient (Wildman–Crippen LogP) is 4.17. The fourth-order valence-electron chi connectivity index (χ4n) is 3.14. The fraction of sp³-hybridized carbons (Fsp3) is 0.136. The van der Waals surface area contributed by atoms with Crippen molar-refractivity contribution in [3.8, 4) is 16.9 Å². The third kappa shape index (κ3) is 2.99. The number of para-hydroxylation sites is 1. The van der Waals surface area contributed by atoms with Gasteiger partial charge in [0.2, 0.25) is 0 Å². The summed E-state index contributed by atoms with van der Waals surface area (Å²) >= 11 is 0. The van der Waals surface area contributed by atoms with Gasteiger partial charge in [-0.3, -0.25) is 4.79 Å². The first-order chi connectivity index (χ1) is 13.5. The maximum Gasteiger partial charge on any atom is 0.347 e. The smallest absolute Gasteiger partial charge is 0.347 e.